The number of nitrogens with zero attached hydrogens (tertiary/aromatic N) is 5. The molecule has 0 bridgehead atoms. The minimum absolute atomic E-state index is 0.0197. The van der Waals surface area contributed by atoms with E-state index in [0.717, 1.165) is 36.5 Å². The lowest BCUT2D eigenvalue weighted by atomic mass is 9.91. The summed E-state index contributed by atoms with van der Waals surface area (Å²) in [5.41, 5.74) is 1.98. The lowest BCUT2D eigenvalue weighted by molar-refractivity contribution is -0.127. The van der Waals surface area contributed by atoms with E-state index in [2.05, 4.69) is 30.2 Å². The van der Waals surface area contributed by atoms with Gasteiger partial charge >= 0.3 is 0 Å². The van der Waals surface area contributed by atoms with Crippen molar-refractivity contribution in [3.63, 3.8) is 0 Å². The van der Waals surface area contributed by atoms with Crippen LogP contribution in [0.2, 0.25) is 0 Å². The molecule has 0 radical (unpaired) electrons. The van der Waals surface area contributed by atoms with Gasteiger partial charge in [-0.1, -0.05) is 0 Å². The molecule has 4 rings (SSSR count). The average Bonchev–Trinajstić information content (AvgIpc) is 3.27. The minimum Gasteiger partial charge on any atom is -0.345 e. The van der Waals surface area contributed by atoms with E-state index in [-0.39, 0.29) is 11.8 Å². The summed E-state index contributed by atoms with van der Waals surface area (Å²) in [5, 5.41) is 3.17. The molecule has 1 fully saturated rings. The molecule has 0 saturated carbocycles. The number of piperidine rings is 1. The second-order valence-electron chi connectivity index (χ2n) is 6.65. The average molecular weight is 375 g/mol. The van der Waals surface area contributed by atoms with Gasteiger partial charge in [0, 0.05) is 43.7 Å². The molecule has 1 aliphatic rings. The summed E-state index contributed by atoms with van der Waals surface area (Å²) < 4.78 is 0. The second-order valence-corrected chi connectivity index (χ2v) is 6.65. The molecule has 1 saturated heterocycles. The summed E-state index contributed by atoms with van der Waals surface area (Å²) in [6.45, 7) is 1.47. The van der Waals surface area contributed by atoms with Gasteiger partial charge < -0.3 is 15.2 Å². The Morgan fingerprint density at radius 3 is 2.93 bits per heavy atom. The van der Waals surface area contributed by atoms with Gasteiger partial charge in [0.15, 0.2) is 0 Å². The Hall–Kier alpha value is -3.55. The van der Waals surface area contributed by atoms with Crippen molar-refractivity contribution in [1.82, 2.24) is 29.8 Å². The van der Waals surface area contributed by atoms with Crippen molar-refractivity contribution in [3.8, 4) is 0 Å². The van der Waals surface area contributed by atoms with Crippen LogP contribution in [0.25, 0.3) is 6.08 Å². The van der Waals surface area contributed by atoms with E-state index < -0.39 is 0 Å². The molecule has 0 aromatic carbocycles. The summed E-state index contributed by atoms with van der Waals surface area (Å²) in [6.07, 6.45) is 15.4. The maximum atomic E-state index is 12.5. The van der Waals surface area contributed by atoms with Gasteiger partial charge in [-0.3, -0.25) is 9.78 Å². The highest BCUT2D eigenvalue weighted by Gasteiger charge is 2.24. The van der Waals surface area contributed by atoms with Crippen molar-refractivity contribution >= 4 is 23.6 Å². The van der Waals surface area contributed by atoms with Crippen LogP contribution >= 0.6 is 0 Å². The van der Waals surface area contributed by atoms with E-state index in [0.29, 0.717) is 12.4 Å². The third-order valence-corrected chi connectivity index (χ3v) is 4.73. The zero-order valence-electron chi connectivity index (χ0n) is 15.3. The first kappa shape index (κ1) is 17.8. The quantitative estimate of drug-likeness (QED) is 0.665. The van der Waals surface area contributed by atoms with Crippen LogP contribution < -0.4 is 5.32 Å². The number of amides is 1. The molecular weight excluding hydrogens is 354 g/mol. The number of carbonyl (C=O) groups excluding carboxylic acids is 1. The number of aromatic nitrogens is 5. The number of anilines is 2. The molecule has 4 heterocycles. The van der Waals surface area contributed by atoms with Crippen molar-refractivity contribution in [3.05, 3.63) is 66.8 Å². The first-order chi connectivity index (χ1) is 13.8. The molecular formula is C20H21N7O. The predicted octanol–water partition coefficient (Wildman–Crippen LogP) is 2.76. The Morgan fingerprint density at radius 1 is 1.18 bits per heavy atom. The van der Waals surface area contributed by atoms with Crippen LogP contribution in [0, 0.1) is 0 Å². The third-order valence-electron chi connectivity index (χ3n) is 4.73. The fourth-order valence-electron chi connectivity index (χ4n) is 3.34. The minimum atomic E-state index is 0.0197. The maximum absolute atomic E-state index is 12.5. The van der Waals surface area contributed by atoms with Crippen LogP contribution in [0.5, 0.6) is 0 Å². The Bertz CT molecular complexity index is 940. The molecule has 2 N–H and O–H groups in total. The first-order valence-corrected chi connectivity index (χ1v) is 9.22. The highest BCUT2D eigenvalue weighted by atomic mass is 16.2. The maximum Gasteiger partial charge on any atom is 0.246 e. The highest BCUT2D eigenvalue weighted by Crippen LogP contribution is 2.28. The lowest BCUT2D eigenvalue weighted by Crippen LogP contribution is -2.38. The van der Waals surface area contributed by atoms with Crippen molar-refractivity contribution < 1.29 is 4.79 Å². The largest absolute Gasteiger partial charge is 0.345 e. The van der Waals surface area contributed by atoms with Gasteiger partial charge in [0.1, 0.15) is 11.6 Å². The standard InChI is InChI=1S/C20H21N7O/c28-20(4-3-17-11-22-14-25-17)27-9-1-2-16(13-27)15-5-6-23-18(10-15)26-19-12-21-7-8-24-19/h3-8,10-12,14,16H,1-2,9,13H2,(H,22,25)(H,23,24,26)/b4-3+. The van der Waals surface area contributed by atoms with Crippen molar-refractivity contribution in [2.75, 3.05) is 18.4 Å². The molecule has 0 aliphatic carbocycles. The molecule has 8 heteroatoms. The number of rotatable bonds is 5. The van der Waals surface area contributed by atoms with Crippen LogP contribution in [0.1, 0.15) is 30.0 Å². The van der Waals surface area contributed by atoms with E-state index in [1.165, 1.54) is 0 Å². The topological polar surface area (TPSA) is 99.7 Å². The van der Waals surface area contributed by atoms with Crippen LogP contribution in [0.4, 0.5) is 11.6 Å². The molecule has 142 valence electrons. The molecule has 3 aromatic rings. The zero-order valence-corrected chi connectivity index (χ0v) is 15.3. The van der Waals surface area contributed by atoms with Gasteiger partial charge in [0.2, 0.25) is 5.91 Å². The van der Waals surface area contributed by atoms with E-state index in [1.807, 2.05) is 17.0 Å². The summed E-state index contributed by atoms with van der Waals surface area (Å²) in [5.74, 6) is 1.67. The number of hydrogen-bond donors (Lipinski definition) is 2. The van der Waals surface area contributed by atoms with Crippen LogP contribution in [-0.2, 0) is 4.79 Å². The smallest absolute Gasteiger partial charge is 0.246 e. The molecule has 28 heavy (non-hydrogen) atoms. The van der Waals surface area contributed by atoms with E-state index >= 15 is 0 Å². The van der Waals surface area contributed by atoms with Crippen LogP contribution in [0.15, 0.2) is 55.5 Å². The van der Waals surface area contributed by atoms with Gasteiger partial charge in [-0.2, -0.15) is 0 Å². The van der Waals surface area contributed by atoms with Gasteiger partial charge in [0.25, 0.3) is 0 Å². The zero-order chi connectivity index (χ0) is 19.2. The molecule has 1 aliphatic heterocycles. The number of nitrogens with one attached hydrogen (secondary N) is 2. The number of carbonyl (C=O) groups is 1. The first-order valence-electron chi connectivity index (χ1n) is 9.22. The molecule has 3 aromatic heterocycles. The molecule has 1 unspecified atom stereocenters. The van der Waals surface area contributed by atoms with E-state index in [4.69, 9.17) is 0 Å². The van der Waals surface area contributed by atoms with E-state index in [1.54, 1.807) is 49.5 Å². The predicted molar refractivity (Wildman–Crippen MR) is 106 cm³/mol. The SMILES string of the molecule is O=C(/C=C/c1cnc[nH]1)N1CCCC(c2ccnc(Nc3cnccn3)c2)C1. The fourth-order valence-corrected chi connectivity index (χ4v) is 3.34. The van der Waals surface area contributed by atoms with Crippen molar-refractivity contribution in [2.45, 2.75) is 18.8 Å². The van der Waals surface area contributed by atoms with Gasteiger partial charge in [-0.15, -0.1) is 0 Å². The molecule has 8 nitrogen and oxygen atoms in total. The van der Waals surface area contributed by atoms with Gasteiger partial charge in [-0.25, -0.2) is 15.0 Å². The molecule has 1 amide bonds. The lowest BCUT2D eigenvalue weighted by Gasteiger charge is -2.32. The Morgan fingerprint density at radius 2 is 2.11 bits per heavy atom. The van der Waals surface area contributed by atoms with Crippen LogP contribution in [0.3, 0.4) is 0 Å². The Labute approximate surface area is 162 Å². The highest BCUT2D eigenvalue weighted by molar-refractivity contribution is 5.91. The Balaban J connectivity index is 1.43. The normalized spacial score (nSPS) is 17.0. The number of likely N-dealkylation sites (tertiary alicyclic amines) is 1. The molecule has 0 spiro atoms. The number of pyridine rings is 1. The number of imidazole rings is 1. The Kier molecular flexibility index (Phi) is 5.37. The van der Waals surface area contributed by atoms with Crippen molar-refractivity contribution in [2.24, 2.45) is 0 Å². The van der Waals surface area contributed by atoms with Gasteiger partial charge in [0.05, 0.1) is 24.4 Å². The van der Waals surface area contributed by atoms with E-state index in [9.17, 15) is 4.79 Å². The number of aromatic amines is 1. The van der Waals surface area contributed by atoms with Gasteiger partial charge in [-0.05, 0) is 36.6 Å². The summed E-state index contributed by atoms with van der Waals surface area (Å²) >= 11 is 0. The summed E-state index contributed by atoms with van der Waals surface area (Å²) in [7, 11) is 0. The third kappa shape index (κ3) is 4.40. The number of H-pyrrole nitrogens is 1. The number of hydrogen-bond acceptors (Lipinski definition) is 6. The summed E-state index contributed by atoms with van der Waals surface area (Å²) in [4.78, 5) is 34.0. The monoisotopic (exact) mass is 375 g/mol. The van der Waals surface area contributed by atoms with Crippen molar-refractivity contribution in [1.29, 1.82) is 0 Å². The molecule has 1 atom stereocenters. The fraction of sp³-hybridized carbons (Fsp3) is 0.250. The summed E-state index contributed by atoms with van der Waals surface area (Å²) in [6, 6.07) is 4.04. The van der Waals surface area contributed by atoms with Crippen LogP contribution in [-0.4, -0.2) is 48.8 Å². The second kappa shape index (κ2) is 8.43.